The van der Waals surface area contributed by atoms with E-state index < -0.39 is 0 Å². The molecule has 0 unspecified atom stereocenters. The third-order valence-electron chi connectivity index (χ3n) is 1.45. The van der Waals surface area contributed by atoms with Crippen LogP contribution in [0, 0.1) is 0 Å². The van der Waals surface area contributed by atoms with Crippen LogP contribution in [0.3, 0.4) is 0 Å². The number of hydrogen-bond donors (Lipinski definition) is 2. The summed E-state index contributed by atoms with van der Waals surface area (Å²) in [5.74, 6) is 0.563. The van der Waals surface area contributed by atoms with E-state index in [-0.39, 0.29) is 5.91 Å². The number of hydrogen-bond acceptors (Lipinski definition) is 2. The Bertz CT molecular complexity index is 303. The quantitative estimate of drug-likeness (QED) is 0.804. The molecule has 0 aliphatic carbocycles. The zero-order chi connectivity index (χ0) is 9.68. The SMILES string of the molecule is O=C(CCS)Nc1cccc(Br)c1. The molecule has 0 spiro atoms. The number of amides is 1. The number of benzene rings is 1. The minimum absolute atomic E-state index is 0.00639. The van der Waals surface area contributed by atoms with Crippen molar-refractivity contribution in [1.82, 2.24) is 0 Å². The molecule has 2 nitrogen and oxygen atoms in total. The number of nitrogens with one attached hydrogen (secondary N) is 1. The number of anilines is 1. The minimum Gasteiger partial charge on any atom is -0.326 e. The molecule has 1 aromatic rings. The van der Waals surface area contributed by atoms with Crippen molar-refractivity contribution < 1.29 is 4.79 Å². The highest BCUT2D eigenvalue weighted by Crippen LogP contribution is 2.15. The lowest BCUT2D eigenvalue weighted by molar-refractivity contribution is -0.115. The number of thiol groups is 1. The van der Waals surface area contributed by atoms with Gasteiger partial charge in [-0.25, -0.2) is 0 Å². The third-order valence-corrected chi connectivity index (χ3v) is 2.16. The van der Waals surface area contributed by atoms with Crippen LogP contribution in [0.25, 0.3) is 0 Å². The van der Waals surface area contributed by atoms with Crippen molar-refractivity contribution in [2.75, 3.05) is 11.1 Å². The number of rotatable bonds is 3. The van der Waals surface area contributed by atoms with Crippen LogP contribution in [0.15, 0.2) is 28.7 Å². The first-order valence-electron chi connectivity index (χ1n) is 3.88. The minimum atomic E-state index is -0.00639. The standard InChI is InChI=1S/C9H10BrNOS/c10-7-2-1-3-8(6-7)11-9(12)4-5-13/h1-3,6,13H,4-5H2,(H,11,12). The fraction of sp³-hybridized carbons (Fsp3) is 0.222. The van der Waals surface area contributed by atoms with Crippen molar-refractivity contribution in [2.45, 2.75) is 6.42 Å². The summed E-state index contributed by atoms with van der Waals surface area (Å²) in [6.45, 7) is 0. The fourth-order valence-corrected chi connectivity index (χ4v) is 1.49. The van der Waals surface area contributed by atoms with Crippen LogP contribution in [0.4, 0.5) is 5.69 Å². The maximum absolute atomic E-state index is 11.1. The summed E-state index contributed by atoms with van der Waals surface area (Å²) in [6.07, 6.45) is 0.440. The predicted octanol–water partition coefficient (Wildman–Crippen LogP) is 2.71. The summed E-state index contributed by atoms with van der Waals surface area (Å²) in [5, 5.41) is 2.77. The molecule has 1 amide bonds. The van der Waals surface area contributed by atoms with Gasteiger partial charge in [0, 0.05) is 16.6 Å². The monoisotopic (exact) mass is 259 g/mol. The summed E-state index contributed by atoms with van der Waals surface area (Å²) in [6, 6.07) is 7.49. The first kappa shape index (κ1) is 10.6. The molecule has 0 fully saturated rings. The first-order valence-corrected chi connectivity index (χ1v) is 5.31. The molecule has 0 heterocycles. The molecule has 13 heavy (non-hydrogen) atoms. The van der Waals surface area contributed by atoms with Gasteiger partial charge >= 0.3 is 0 Å². The number of carbonyl (C=O) groups is 1. The predicted molar refractivity (Wildman–Crippen MR) is 61.2 cm³/mol. The average Bonchev–Trinajstić information content (AvgIpc) is 2.04. The highest BCUT2D eigenvalue weighted by atomic mass is 79.9. The molecular formula is C9H10BrNOS. The van der Waals surface area contributed by atoms with E-state index in [9.17, 15) is 4.79 Å². The van der Waals surface area contributed by atoms with Crippen molar-refractivity contribution in [3.8, 4) is 0 Å². The van der Waals surface area contributed by atoms with Crippen LogP contribution in [0.2, 0.25) is 0 Å². The lowest BCUT2D eigenvalue weighted by atomic mass is 10.3. The lowest BCUT2D eigenvalue weighted by Gasteiger charge is -2.03. The Balaban J connectivity index is 2.58. The highest BCUT2D eigenvalue weighted by molar-refractivity contribution is 9.10. The molecule has 0 saturated carbocycles. The molecule has 1 aromatic carbocycles. The van der Waals surface area contributed by atoms with Crippen LogP contribution < -0.4 is 5.32 Å². The van der Waals surface area contributed by atoms with E-state index in [4.69, 9.17) is 0 Å². The maximum Gasteiger partial charge on any atom is 0.225 e. The molecule has 0 aliphatic rings. The van der Waals surface area contributed by atoms with Crippen LogP contribution in [0.5, 0.6) is 0 Å². The molecule has 70 valence electrons. The van der Waals surface area contributed by atoms with Gasteiger partial charge in [0.15, 0.2) is 0 Å². The topological polar surface area (TPSA) is 29.1 Å². The molecule has 4 heteroatoms. The van der Waals surface area contributed by atoms with Crippen LogP contribution in [0.1, 0.15) is 6.42 Å². The molecule has 0 saturated heterocycles. The summed E-state index contributed by atoms with van der Waals surface area (Å²) >= 11 is 7.30. The van der Waals surface area contributed by atoms with E-state index in [0.717, 1.165) is 10.2 Å². The van der Waals surface area contributed by atoms with Crippen molar-refractivity contribution in [3.63, 3.8) is 0 Å². The summed E-state index contributed by atoms with van der Waals surface area (Å²) in [5.41, 5.74) is 0.807. The van der Waals surface area contributed by atoms with Gasteiger partial charge in [0.25, 0.3) is 0 Å². The van der Waals surface area contributed by atoms with Crippen molar-refractivity contribution in [3.05, 3.63) is 28.7 Å². The normalized spacial score (nSPS) is 9.69. The molecular weight excluding hydrogens is 250 g/mol. The van der Waals surface area contributed by atoms with Gasteiger partial charge in [-0.1, -0.05) is 22.0 Å². The molecule has 0 atom stereocenters. The van der Waals surface area contributed by atoms with Gasteiger partial charge in [-0.2, -0.15) is 12.6 Å². The van der Waals surface area contributed by atoms with Gasteiger partial charge in [0.1, 0.15) is 0 Å². The molecule has 0 aliphatic heterocycles. The summed E-state index contributed by atoms with van der Waals surface area (Å²) < 4.78 is 0.955. The average molecular weight is 260 g/mol. The van der Waals surface area contributed by atoms with E-state index in [2.05, 4.69) is 33.9 Å². The molecule has 1 rings (SSSR count). The second-order valence-corrected chi connectivity index (χ2v) is 3.90. The van der Waals surface area contributed by atoms with Crippen molar-refractivity contribution >= 4 is 40.2 Å². The first-order chi connectivity index (χ1) is 6.22. The van der Waals surface area contributed by atoms with Crippen LogP contribution >= 0.6 is 28.6 Å². The van der Waals surface area contributed by atoms with Crippen molar-refractivity contribution in [2.24, 2.45) is 0 Å². The lowest BCUT2D eigenvalue weighted by Crippen LogP contribution is -2.11. The van der Waals surface area contributed by atoms with Gasteiger partial charge in [0.2, 0.25) is 5.91 Å². The van der Waals surface area contributed by atoms with Gasteiger partial charge in [-0.05, 0) is 24.0 Å². The molecule has 0 radical (unpaired) electrons. The zero-order valence-electron chi connectivity index (χ0n) is 6.96. The van der Waals surface area contributed by atoms with Crippen molar-refractivity contribution in [1.29, 1.82) is 0 Å². The van der Waals surface area contributed by atoms with Gasteiger partial charge in [0.05, 0.1) is 0 Å². The smallest absolute Gasteiger partial charge is 0.225 e. The summed E-state index contributed by atoms with van der Waals surface area (Å²) in [7, 11) is 0. The van der Waals surface area contributed by atoms with Gasteiger partial charge < -0.3 is 5.32 Å². The molecule has 0 bridgehead atoms. The highest BCUT2D eigenvalue weighted by Gasteiger charge is 2.00. The van der Waals surface area contributed by atoms with Crippen LogP contribution in [-0.2, 0) is 4.79 Å². The molecule has 0 aromatic heterocycles. The Labute approximate surface area is 91.3 Å². The second kappa shape index (κ2) is 5.29. The van der Waals surface area contributed by atoms with E-state index >= 15 is 0 Å². The van der Waals surface area contributed by atoms with E-state index in [0.29, 0.717) is 12.2 Å². The van der Waals surface area contributed by atoms with E-state index in [1.807, 2.05) is 24.3 Å². The van der Waals surface area contributed by atoms with E-state index in [1.54, 1.807) is 0 Å². The fourth-order valence-electron chi connectivity index (χ4n) is 0.891. The van der Waals surface area contributed by atoms with Gasteiger partial charge in [-0.3, -0.25) is 4.79 Å². The summed E-state index contributed by atoms with van der Waals surface area (Å²) in [4.78, 5) is 11.1. The maximum atomic E-state index is 11.1. The largest absolute Gasteiger partial charge is 0.326 e. The van der Waals surface area contributed by atoms with Gasteiger partial charge in [-0.15, -0.1) is 0 Å². The Morgan fingerprint density at radius 2 is 2.31 bits per heavy atom. The van der Waals surface area contributed by atoms with Crippen LogP contribution in [-0.4, -0.2) is 11.7 Å². The zero-order valence-corrected chi connectivity index (χ0v) is 9.44. The van der Waals surface area contributed by atoms with E-state index in [1.165, 1.54) is 0 Å². The Hall–Kier alpha value is -0.480. The third kappa shape index (κ3) is 3.83. The Morgan fingerprint density at radius 1 is 1.54 bits per heavy atom. The number of halogens is 1. The molecule has 1 N–H and O–H groups in total. The Kier molecular flexibility index (Phi) is 4.32. The Morgan fingerprint density at radius 3 is 2.92 bits per heavy atom. The number of carbonyl (C=O) groups excluding carboxylic acids is 1. The second-order valence-electron chi connectivity index (χ2n) is 2.53.